The predicted molar refractivity (Wildman–Crippen MR) is 139 cm³/mol. The number of alkyl halides is 6. The molecule has 0 aliphatic carbocycles. The second-order valence-corrected chi connectivity index (χ2v) is 9.61. The first kappa shape index (κ1) is 29.6. The Labute approximate surface area is 224 Å². The quantitative estimate of drug-likeness (QED) is 0.132. The summed E-state index contributed by atoms with van der Waals surface area (Å²) >= 11 is 6.39. The topological polar surface area (TPSA) is 128 Å². The molecule has 2 aromatic carbocycles. The van der Waals surface area contributed by atoms with Crippen molar-refractivity contribution in [2.24, 2.45) is 11.5 Å². The van der Waals surface area contributed by atoms with Gasteiger partial charge in [-0.3, -0.25) is 10.8 Å². The smallest absolute Gasteiger partial charge is 0.382 e. The number of anilines is 2. The van der Waals surface area contributed by atoms with E-state index in [0.717, 1.165) is 4.90 Å². The van der Waals surface area contributed by atoms with E-state index in [9.17, 15) is 26.3 Å². The summed E-state index contributed by atoms with van der Waals surface area (Å²) in [6.07, 6.45) is -8.64. The maximum atomic E-state index is 13.4. The number of aromatic nitrogens is 1. The van der Waals surface area contributed by atoms with E-state index in [2.05, 4.69) is 10.3 Å². The van der Waals surface area contributed by atoms with Gasteiger partial charge in [-0.1, -0.05) is 43.6 Å². The van der Waals surface area contributed by atoms with Crippen LogP contribution in [0.3, 0.4) is 0 Å². The molecule has 0 aliphatic heterocycles. The van der Waals surface area contributed by atoms with Gasteiger partial charge in [0.1, 0.15) is 5.82 Å². The van der Waals surface area contributed by atoms with Crippen LogP contribution in [0.15, 0.2) is 54.7 Å². The molecule has 0 amide bonds. The van der Waals surface area contributed by atoms with Gasteiger partial charge < -0.3 is 16.8 Å². The van der Waals surface area contributed by atoms with Gasteiger partial charge in [0.25, 0.3) is 0 Å². The Kier molecular flexibility index (Phi) is 8.06. The lowest BCUT2D eigenvalue weighted by molar-refractivity contribution is -0.143. The fourth-order valence-corrected chi connectivity index (χ4v) is 3.99. The van der Waals surface area contributed by atoms with Crippen molar-refractivity contribution in [3.8, 4) is 11.1 Å². The number of nitrogens with one attached hydrogen (secondary N) is 3. The van der Waals surface area contributed by atoms with E-state index in [1.165, 1.54) is 26.1 Å². The van der Waals surface area contributed by atoms with Crippen molar-refractivity contribution >= 4 is 35.0 Å². The molecule has 1 heterocycles. The molecule has 0 radical (unpaired) electrons. The summed E-state index contributed by atoms with van der Waals surface area (Å²) < 4.78 is 80.5. The van der Waals surface area contributed by atoms with E-state index >= 15 is 0 Å². The van der Waals surface area contributed by atoms with Crippen molar-refractivity contribution in [1.82, 2.24) is 4.98 Å². The molecule has 0 fully saturated rings. The Morgan fingerprint density at radius 3 is 1.87 bits per heavy atom. The molecule has 1 aromatic heterocycles. The molecule has 0 spiro atoms. The first-order valence-electron chi connectivity index (χ1n) is 11.2. The van der Waals surface area contributed by atoms with E-state index in [1.54, 1.807) is 24.3 Å². The second-order valence-electron chi connectivity index (χ2n) is 9.21. The third-order valence-electron chi connectivity index (χ3n) is 5.85. The van der Waals surface area contributed by atoms with Gasteiger partial charge in [0.15, 0.2) is 0 Å². The van der Waals surface area contributed by atoms with Gasteiger partial charge in [-0.15, -0.1) is 0 Å². The Morgan fingerprint density at radius 1 is 0.872 bits per heavy atom. The number of hydrogen-bond donors (Lipinski definition) is 5. The van der Waals surface area contributed by atoms with Crippen LogP contribution in [0.4, 0.5) is 37.8 Å². The summed E-state index contributed by atoms with van der Waals surface area (Å²) in [4.78, 5) is 5.04. The summed E-state index contributed by atoms with van der Waals surface area (Å²) in [6, 6.07) is 9.60. The minimum Gasteiger partial charge on any atom is -0.382 e. The van der Waals surface area contributed by atoms with E-state index in [1.807, 2.05) is 0 Å². The zero-order chi connectivity index (χ0) is 29.3. The summed E-state index contributed by atoms with van der Waals surface area (Å²) in [5.41, 5.74) is 8.10. The Bertz CT molecular complexity index is 1360. The van der Waals surface area contributed by atoms with Crippen LogP contribution in [0.2, 0.25) is 5.02 Å². The molecule has 0 atom stereocenters. The van der Waals surface area contributed by atoms with Crippen LogP contribution in [0.1, 0.15) is 30.5 Å². The number of nitrogens with zero attached hydrogens (tertiary/aromatic N) is 2. The normalized spacial score (nSPS) is 12.2. The number of rotatable bonds is 6. The number of hydrogen-bond acceptors (Lipinski definition) is 4. The van der Waals surface area contributed by atoms with Crippen molar-refractivity contribution in [3.63, 3.8) is 0 Å². The van der Waals surface area contributed by atoms with Crippen molar-refractivity contribution in [3.05, 3.63) is 76.4 Å². The summed E-state index contributed by atoms with van der Waals surface area (Å²) in [7, 11) is 0. The Balaban J connectivity index is 2.07. The van der Waals surface area contributed by atoms with Gasteiger partial charge >= 0.3 is 12.4 Å². The molecule has 0 aliphatic rings. The molecule has 39 heavy (non-hydrogen) atoms. The average Bonchev–Trinajstić information content (AvgIpc) is 2.81. The van der Waals surface area contributed by atoms with Crippen molar-refractivity contribution in [2.45, 2.75) is 31.6 Å². The molecule has 0 unspecified atom stereocenters. The van der Waals surface area contributed by atoms with Crippen LogP contribution >= 0.6 is 11.6 Å². The van der Waals surface area contributed by atoms with Crippen molar-refractivity contribution in [1.29, 1.82) is 10.8 Å². The van der Waals surface area contributed by atoms with E-state index < -0.39 is 40.8 Å². The molecule has 7 N–H and O–H groups in total. The molecule has 3 aromatic rings. The molecular formula is C25H24ClF6N7. The standard InChI is InChI=1S/C25H24ClF6N7/c1-23(2,13-7-14(24(27,28)29)9-15(8-13)25(30,31)32)12-38-19-11-37-20(39(21(33)34)22(35)36)10-17(19)16-5-3-4-6-18(16)26/h3-11,38H,12H2,1-2H3,(H3,33,34)(H3,35,36). The van der Waals surface area contributed by atoms with Gasteiger partial charge in [-0.05, 0) is 35.9 Å². The number of nitrogens with two attached hydrogens (primary N) is 2. The lowest BCUT2D eigenvalue weighted by Crippen LogP contribution is -2.45. The van der Waals surface area contributed by atoms with Crippen LogP contribution in [0.25, 0.3) is 11.1 Å². The molecule has 14 heteroatoms. The van der Waals surface area contributed by atoms with Gasteiger partial charge in [0.2, 0.25) is 11.9 Å². The number of benzene rings is 2. The molecule has 0 bridgehead atoms. The van der Waals surface area contributed by atoms with Crippen LogP contribution in [-0.2, 0) is 17.8 Å². The van der Waals surface area contributed by atoms with E-state index in [0.29, 0.717) is 34.0 Å². The minimum atomic E-state index is -4.98. The fourth-order valence-electron chi connectivity index (χ4n) is 3.75. The molecular weight excluding hydrogens is 548 g/mol. The minimum absolute atomic E-state index is 0.0161. The van der Waals surface area contributed by atoms with Gasteiger partial charge in [-0.2, -0.15) is 26.3 Å². The lowest BCUT2D eigenvalue weighted by Gasteiger charge is -2.29. The van der Waals surface area contributed by atoms with Crippen LogP contribution in [-0.4, -0.2) is 23.4 Å². The predicted octanol–water partition coefficient (Wildman–Crippen LogP) is 6.42. The maximum Gasteiger partial charge on any atom is 0.416 e. The van der Waals surface area contributed by atoms with Crippen LogP contribution in [0.5, 0.6) is 0 Å². The Morgan fingerprint density at radius 2 is 1.38 bits per heavy atom. The zero-order valence-corrected chi connectivity index (χ0v) is 21.4. The van der Waals surface area contributed by atoms with Crippen LogP contribution < -0.4 is 21.7 Å². The fraction of sp³-hybridized carbons (Fsp3) is 0.240. The van der Waals surface area contributed by atoms with Gasteiger partial charge in [-0.25, -0.2) is 9.88 Å². The van der Waals surface area contributed by atoms with E-state index in [4.69, 9.17) is 33.9 Å². The summed E-state index contributed by atoms with van der Waals surface area (Å²) in [6.45, 7) is 2.90. The highest BCUT2D eigenvalue weighted by molar-refractivity contribution is 6.33. The highest BCUT2D eigenvalue weighted by Gasteiger charge is 2.38. The summed E-state index contributed by atoms with van der Waals surface area (Å²) in [5.74, 6) is -1.14. The number of halogens is 7. The highest BCUT2D eigenvalue weighted by atomic mass is 35.5. The second kappa shape index (κ2) is 10.6. The number of guanidine groups is 2. The zero-order valence-electron chi connectivity index (χ0n) is 20.6. The largest absolute Gasteiger partial charge is 0.416 e. The Hall–Kier alpha value is -4.00. The summed E-state index contributed by atoms with van der Waals surface area (Å²) in [5, 5.41) is 18.8. The maximum absolute atomic E-state index is 13.4. The van der Waals surface area contributed by atoms with Crippen LogP contribution in [0, 0.1) is 10.8 Å². The number of pyridine rings is 1. The van der Waals surface area contributed by atoms with E-state index in [-0.39, 0.29) is 24.0 Å². The third-order valence-corrected chi connectivity index (χ3v) is 6.18. The molecule has 0 saturated carbocycles. The molecule has 0 saturated heterocycles. The van der Waals surface area contributed by atoms with Crippen molar-refractivity contribution in [2.75, 3.05) is 16.8 Å². The van der Waals surface area contributed by atoms with Gasteiger partial charge in [0, 0.05) is 28.1 Å². The molecule has 7 nitrogen and oxygen atoms in total. The first-order valence-corrected chi connectivity index (χ1v) is 11.6. The highest BCUT2D eigenvalue weighted by Crippen LogP contribution is 2.40. The average molecular weight is 572 g/mol. The SMILES string of the molecule is CC(C)(CNc1cnc(N(C(=N)N)C(=N)N)cc1-c1ccccc1Cl)c1cc(C(F)(F)F)cc(C(F)(F)F)c1. The van der Waals surface area contributed by atoms with Gasteiger partial charge in [0.05, 0.1) is 23.0 Å². The molecule has 208 valence electrons. The monoisotopic (exact) mass is 571 g/mol. The first-order chi connectivity index (χ1) is 17.9. The lowest BCUT2D eigenvalue weighted by atomic mass is 9.82. The molecule has 3 rings (SSSR count). The van der Waals surface area contributed by atoms with Crippen molar-refractivity contribution < 1.29 is 26.3 Å². The third kappa shape index (κ3) is 6.72.